The van der Waals surface area contributed by atoms with Crippen LogP contribution in [0.2, 0.25) is 0 Å². The summed E-state index contributed by atoms with van der Waals surface area (Å²) in [5.41, 5.74) is 5.01. The molecule has 1 amide bonds. The molecular weight excluding hydrogens is 360 g/mol. The zero-order valence-electron chi connectivity index (χ0n) is 16.0. The maximum atomic E-state index is 13.5. The van der Waals surface area contributed by atoms with Gasteiger partial charge >= 0.3 is 0 Å². The molecule has 0 spiro atoms. The first-order valence-corrected chi connectivity index (χ1v) is 9.56. The molecule has 1 atom stereocenters. The molecule has 4 heteroatoms. The van der Waals surface area contributed by atoms with Gasteiger partial charge in [-0.25, -0.2) is 0 Å². The highest BCUT2D eigenvalue weighted by molar-refractivity contribution is 5.97. The summed E-state index contributed by atoms with van der Waals surface area (Å²) in [7, 11) is 1.62. The standard InChI is InChI=1S/C25H20N2O2/c1-29-19-12-10-18(11-13-19)25(28)27-15-14-17-6-2-3-7-20(17)24(27)22-16-26-23-9-5-4-8-21(22)23/h2-16,24,26H,1H3. The van der Waals surface area contributed by atoms with Crippen LogP contribution in [-0.2, 0) is 0 Å². The van der Waals surface area contributed by atoms with Crippen molar-refractivity contribution in [2.75, 3.05) is 7.11 Å². The number of nitrogens with one attached hydrogen (secondary N) is 1. The van der Waals surface area contributed by atoms with Gasteiger partial charge in [0.25, 0.3) is 5.91 Å². The van der Waals surface area contributed by atoms with Crippen LogP contribution in [-0.4, -0.2) is 22.9 Å². The van der Waals surface area contributed by atoms with Crippen LogP contribution < -0.4 is 4.74 Å². The average molecular weight is 380 g/mol. The van der Waals surface area contributed by atoms with Crippen LogP contribution in [0.4, 0.5) is 0 Å². The van der Waals surface area contributed by atoms with Gasteiger partial charge in [-0.3, -0.25) is 4.79 Å². The van der Waals surface area contributed by atoms with Gasteiger partial charge in [-0.15, -0.1) is 0 Å². The molecule has 1 aliphatic heterocycles. The van der Waals surface area contributed by atoms with E-state index in [9.17, 15) is 4.79 Å². The summed E-state index contributed by atoms with van der Waals surface area (Å²) in [6.45, 7) is 0. The van der Waals surface area contributed by atoms with Crippen LogP contribution in [0.15, 0.2) is 85.2 Å². The fourth-order valence-electron chi connectivity index (χ4n) is 4.01. The van der Waals surface area contributed by atoms with Crippen LogP contribution in [0.25, 0.3) is 17.0 Å². The van der Waals surface area contributed by atoms with E-state index in [1.807, 2.05) is 71.9 Å². The lowest BCUT2D eigenvalue weighted by Gasteiger charge is -2.33. The molecule has 0 radical (unpaired) electrons. The summed E-state index contributed by atoms with van der Waals surface area (Å²) < 4.78 is 5.23. The Bertz CT molecular complexity index is 1220. The van der Waals surface area contributed by atoms with Crippen molar-refractivity contribution < 1.29 is 9.53 Å². The van der Waals surface area contributed by atoms with E-state index in [0.717, 1.165) is 33.3 Å². The summed E-state index contributed by atoms with van der Waals surface area (Å²) in [5, 5.41) is 1.12. The molecule has 0 aliphatic carbocycles. The minimum atomic E-state index is -0.207. The molecule has 0 fully saturated rings. The molecule has 142 valence electrons. The van der Waals surface area contributed by atoms with Crippen molar-refractivity contribution in [3.8, 4) is 5.75 Å². The summed E-state index contributed by atoms with van der Waals surface area (Å²) >= 11 is 0. The number of benzene rings is 3. The first-order chi connectivity index (χ1) is 14.3. The number of aromatic nitrogens is 1. The van der Waals surface area contributed by atoms with Crippen LogP contribution in [0, 0.1) is 0 Å². The summed E-state index contributed by atoms with van der Waals surface area (Å²) in [5.74, 6) is 0.683. The molecule has 2 heterocycles. The number of nitrogens with zero attached hydrogens (tertiary/aromatic N) is 1. The first kappa shape index (κ1) is 17.3. The number of aromatic amines is 1. The maximum Gasteiger partial charge on any atom is 0.258 e. The van der Waals surface area contributed by atoms with E-state index >= 15 is 0 Å². The number of fused-ring (bicyclic) bond motifs is 2. The molecule has 1 aromatic heterocycles. The van der Waals surface area contributed by atoms with E-state index < -0.39 is 0 Å². The van der Waals surface area contributed by atoms with E-state index in [0.29, 0.717) is 5.56 Å². The number of methoxy groups -OCH3 is 1. The monoisotopic (exact) mass is 380 g/mol. The molecule has 29 heavy (non-hydrogen) atoms. The molecule has 4 aromatic rings. The Kier molecular flexibility index (Phi) is 4.17. The lowest BCUT2D eigenvalue weighted by molar-refractivity contribution is 0.0788. The van der Waals surface area contributed by atoms with Crippen molar-refractivity contribution in [1.29, 1.82) is 0 Å². The second-order valence-corrected chi connectivity index (χ2v) is 7.08. The van der Waals surface area contributed by atoms with Crippen LogP contribution in [0.5, 0.6) is 5.75 Å². The van der Waals surface area contributed by atoms with Gasteiger partial charge < -0.3 is 14.6 Å². The van der Waals surface area contributed by atoms with E-state index in [4.69, 9.17) is 4.74 Å². The van der Waals surface area contributed by atoms with Gasteiger partial charge in [-0.1, -0.05) is 42.5 Å². The van der Waals surface area contributed by atoms with E-state index in [1.165, 1.54) is 0 Å². The molecule has 1 aliphatic rings. The third-order valence-corrected chi connectivity index (χ3v) is 5.47. The molecule has 5 rings (SSSR count). The number of ether oxygens (including phenoxy) is 1. The number of rotatable bonds is 3. The number of hydrogen-bond acceptors (Lipinski definition) is 2. The predicted molar refractivity (Wildman–Crippen MR) is 115 cm³/mol. The Balaban J connectivity index is 1.64. The average Bonchev–Trinajstić information content (AvgIpc) is 3.21. The number of carbonyl (C=O) groups is 1. The topological polar surface area (TPSA) is 45.3 Å². The van der Waals surface area contributed by atoms with Gasteiger partial charge in [-0.2, -0.15) is 0 Å². The van der Waals surface area contributed by atoms with Crippen molar-refractivity contribution in [1.82, 2.24) is 9.88 Å². The molecule has 1 unspecified atom stereocenters. The smallest absolute Gasteiger partial charge is 0.258 e. The van der Waals surface area contributed by atoms with Crippen molar-refractivity contribution >= 4 is 22.9 Å². The Morgan fingerprint density at radius 2 is 1.69 bits per heavy atom. The van der Waals surface area contributed by atoms with Crippen molar-refractivity contribution in [3.05, 3.63) is 107 Å². The highest BCUT2D eigenvalue weighted by atomic mass is 16.5. The Labute approximate surface area is 169 Å². The van der Waals surface area contributed by atoms with Gasteiger partial charge in [0.15, 0.2) is 0 Å². The van der Waals surface area contributed by atoms with Gasteiger partial charge in [-0.05, 0) is 47.5 Å². The largest absolute Gasteiger partial charge is 0.497 e. The summed E-state index contributed by atoms with van der Waals surface area (Å²) in [4.78, 5) is 18.6. The number of H-pyrrole nitrogens is 1. The third-order valence-electron chi connectivity index (χ3n) is 5.47. The van der Waals surface area contributed by atoms with Crippen molar-refractivity contribution in [3.63, 3.8) is 0 Å². The van der Waals surface area contributed by atoms with E-state index in [-0.39, 0.29) is 11.9 Å². The number of hydrogen-bond donors (Lipinski definition) is 1. The quantitative estimate of drug-likeness (QED) is 0.518. The van der Waals surface area contributed by atoms with E-state index in [2.05, 4.69) is 29.2 Å². The SMILES string of the molecule is COc1ccc(C(=O)N2C=Cc3ccccc3C2c2c[nH]c3ccccc23)cc1. The normalized spacial score (nSPS) is 15.3. The minimum absolute atomic E-state index is 0.0475. The molecule has 0 bridgehead atoms. The zero-order valence-corrected chi connectivity index (χ0v) is 16.0. The number of para-hydroxylation sites is 1. The molecule has 3 aromatic carbocycles. The predicted octanol–water partition coefficient (Wildman–Crippen LogP) is 5.39. The molecule has 0 saturated carbocycles. The number of amides is 1. The molecule has 0 saturated heterocycles. The highest BCUT2D eigenvalue weighted by Gasteiger charge is 2.31. The lowest BCUT2D eigenvalue weighted by atomic mass is 9.90. The fourth-order valence-corrected chi connectivity index (χ4v) is 4.01. The summed E-state index contributed by atoms with van der Waals surface area (Å²) in [6.07, 6.45) is 5.91. The lowest BCUT2D eigenvalue weighted by Crippen LogP contribution is -2.33. The van der Waals surface area contributed by atoms with Crippen molar-refractivity contribution in [2.45, 2.75) is 6.04 Å². The van der Waals surface area contributed by atoms with E-state index in [1.54, 1.807) is 7.11 Å². The summed E-state index contributed by atoms with van der Waals surface area (Å²) in [6, 6.07) is 23.5. The van der Waals surface area contributed by atoms with Crippen LogP contribution in [0.1, 0.15) is 33.1 Å². The van der Waals surface area contributed by atoms with Crippen LogP contribution in [0.3, 0.4) is 0 Å². The van der Waals surface area contributed by atoms with Gasteiger partial charge in [0.1, 0.15) is 5.75 Å². The molecule has 1 N–H and O–H groups in total. The third kappa shape index (κ3) is 2.90. The zero-order chi connectivity index (χ0) is 19.8. The Morgan fingerprint density at radius 1 is 0.931 bits per heavy atom. The molecular formula is C25H20N2O2. The highest BCUT2D eigenvalue weighted by Crippen LogP contribution is 2.39. The Morgan fingerprint density at radius 3 is 2.52 bits per heavy atom. The number of carbonyl (C=O) groups excluding carboxylic acids is 1. The van der Waals surface area contributed by atoms with Crippen LogP contribution >= 0.6 is 0 Å². The first-order valence-electron chi connectivity index (χ1n) is 9.56. The maximum absolute atomic E-state index is 13.5. The second kappa shape index (κ2) is 6.99. The fraction of sp³-hybridized carbons (Fsp3) is 0.0800. The van der Waals surface area contributed by atoms with Crippen molar-refractivity contribution in [2.24, 2.45) is 0 Å². The van der Waals surface area contributed by atoms with Gasteiger partial charge in [0.05, 0.1) is 13.2 Å². The van der Waals surface area contributed by atoms with Gasteiger partial charge in [0.2, 0.25) is 0 Å². The molecule has 4 nitrogen and oxygen atoms in total. The minimum Gasteiger partial charge on any atom is -0.497 e. The Hall–Kier alpha value is -3.79. The second-order valence-electron chi connectivity index (χ2n) is 7.08. The van der Waals surface area contributed by atoms with Gasteiger partial charge in [0, 0.05) is 34.4 Å².